The van der Waals surface area contributed by atoms with Gasteiger partial charge in [-0.15, -0.1) is 0 Å². The Labute approximate surface area is 315 Å². The molecule has 1 aromatic heterocycles. The van der Waals surface area contributed by atoms with Gasteiger partial charge in [0.25, 0.3) is 0 Å². The van der Waals surface area contributed by atoms with Crippen molar-refractivity contribution >= 4 is 49.6 Å². The molecule has 2 nitrogen and oxygen atoms in total. The fraction of sp³-hybridized carbons (Fsp3) is 0. The summed E-state index contributed by atoms with van der Waals surface area (Å²) in [5, 5.41) is 5.04. The van der Waals surface area contributed by atoms with E-state index in [1.165, 1.54) is 60.4 Å². The van der Waals surface area contributed by atoms with Crippen molar-refractivity contribution in [3.05, 3.63) is 218 Å². The van der Waals surface area contributed by atoms with Gasteiger partial charge in [-0.3, -0.25) is 0 Å². The highest BCUT2D eigenvalue weighted by molar-refractivity contribution is 6.09. The lowest BCUT2D eigenvalue weighted by atomic mass is 9.98. The number of hydrogen-bond donors (Lipinski definition) is 0. The van der Waals surface area contributed by atoms with E-state index in [9.17, 15) is 0 Å². The van der Waals surface area contributed by atoms with Gasteiger partial charge in [0.1, 0.15) is 0 Å². The summed E-state index contributed by atoms with van der Waals surface area (Å²) in [4.78, 5) is 2.36. The zero-order valence-corrected chi connectivity index (χ0v) is 29.7. The SMILES string of the molecule is c1ccc(-c2ccc(N(c3ccc(-c4cccc5ccccc45)cc3)c3cccc(-c4cccc(-n5c6ccccc6c6ccccc65)c4)c3)cc2)cc1. The highest BCUT2D eigenvalue weighted by Gasteiger charge is 2.16. The van der Waals surface area contributed by atoms with Crippen LogP contribution in [0, 0.1) is 0 Å². The summed E-state index contributed by atoms with van der Waals surface area (Å²) in [6, 6.07) is 78.8. The third-order valence-electron chi connectivity index (χ3n) is 10.6. The predicted octanol–water partition coefficient (Wildman–Crippen LogP) is 14.4. The molecule has 0 aliphatic rings. The van der Waals surface area contributed by atoms with E-state index in [1.54, 1.807) is 0 Å². The number of para-hydroxylation sites is 2. The summed E-state index contributed by atoms with van der Waals surface area (Å²) in [5.41, 5.74) is 14.0. The summed E-state index contributed by atoms with van der Waals surface area (Å²) in [6.07, 6.45) is 0. The Kier molecular flexibility index (Phi) is 7.85. The summed E-state index contributed by atoms with van der Waals surface area (Å²) in [7, 11) is 0. The quantitative estimate of drug-likeness (QED) is 0.162. The highest BCUT2D eigenvalue weighted by Crippen LogP contribution is 2.40. The maximum absolute atomic E-state index is 2.39. The summed E-state index contributed by atoms with van der Waals surface area (Å²) >= 11 is 0. The number of rotatable bonds is 7. The second-order valence-electron chi connectivity index (χ2n) is 13.8. The first-order chi connectivity index (χ1) is 26.8. The van der Waals surface area contributed by atoms with Gasteiger partial charge in [0, 0.05) is 33.5 Å². The topological polar surface area (TPSA) is 8.17 Å². The fourth-order valence-corrected chi connectivity index (χ4v) is 8.00. The molecular formula is C52H36N2. The van der Waals surface area contributed by atoms with Crippen LogP contribution >= 0.6 is 0 Å². The van der Waals surface area contributed by atoms with Gasteiger partial charge < -0.3 is 9.47 Å². The molecular weight excluding hydrogens is 653 g/mol. The van der Waals surface area contributed by atoms with Crippen molar-refractivity contribution in [2.75, 3.05) is 4.90 Å². The third kappa shape index (κ3) is 5.62. The van der Waals surface area contributed by atoms with E-state index in [1.807, 2.05) is 0 Å². The van der Waals surface area contributed by atoms with E-state index in [-0.39, 0.29) is 0 Å². The normalized spacial score (nSPS) is 11.3. The largest absolute Gasteiger partial charge is 0.310 e. The van der Waals surface area contributed by atoms with Gasteiger partial charge >= 0.3 is 0 Å². The molecule has 10 rings (SSSR count). The van der Waals surface area contributed by atoms with Crippen LogP contribution in [0.15, 0.2) is 218 Å². The lowest BCUT2D eigenvalue weighted by molar-refractivity contribution is 1.18. The number of aromatic nitrogens is 1. The van der Waals surface area contributed by atoms with Gasteiger partial charge in [0.15, 0.2) is 0 Å². The van der Waals surface area contributed by atoms with Crippen molar-refractivity contribution in [3.8, 4) is 39.1 Å². The van der Waals surface area contributed by atoms with E-state index < -0.39 is 0 Å². The zero-order chi connectivity index (χ0) is 35.8. The van der Waals surface area contributed by atoms with Crippen molar-refractivity contribution in [2.24, 2.45) is 0 Å². The second-order valence-corrected chi connectivity index (χ2v) is 13.8. The number of anilines is 3. The molecule has 0 aliphatic heterocycles. The van der Waals surface area contributed by atoms with Gasteiger partial charge in [0.2, 0.25) is 0 Å². The molecule has 0 saturated heterocycles. The molecule has 254 valence electrons. The predicted molar refractivity (Wildman–Crippen MR) is 229 cm³/mol. The highest BCUT2D eigenvalue weighted by atomic mass is 15.1. The molecule has 0 N–H and O–H groups in total. The van der Waals surface area contributed by atoms with Gasteiger partial charge in [-0.2, -0.15) is 0 Å². The molecule has 10 aromatic rings. The Morgan fingerprint density at radius 2 is 0.796 bits per heavy atom. The Morgan fingerprint density at radius 1 is 0.296 bits per heavy atom. The van der Waals surface area contributed by atoms with E-state index in [4.69, 9.17) is 0 Å². The standard InChI is InChI=1S/C52H36N2/c1-2-13-37(14-3-1)38-27-31-43(32-28-38)53(44-33-29-40(30-34-44)48-24-12-16-39-15-4-5-21-47(39)48)45-19-10-17-41(35-45)42-18-11-20-46(36-42)54-51-25-8-6-22-49(51)50-23-7-9-26-52(50)54/h1-36H. The molecule has 0 saturated carbocycles. The molecule has 9 aromatic carbocycles. The molecule has 0 amide bonds. The molecule has 0 aliphatic carbocycles. The third-order valence-corrected chi connectivity index (χ3v) is 10.6. The Morgan fingerprint density at radius 3 is 1.50 bits per heavy atom. The average molecular weight is 689 g/mol. The van der Waals surface area contributed by atoms with Crippen molar-refractivity contribution in [2.45, 2.75) is 0 Å². The molecule has 2 heteroatoms. The van der Waals surface area contributed by atoms with Crippen molar-refractivity contribution in [1.82, 2.24) is 4.57 Å². The first kappa shape index (κ1) is 31.6. The second kappa shape index (κ2) is 13.4. The lowest BCUT2D eigenvalue weighted by Gasteiger charge is -2.26. The molecule has 0 spiro atoms. The first-order valence-corrected chi connectivity index (χ1v) is 18.5. The van der Waals surface area contributed by atoms with Crippen molar-refractivity contribution in [3.63, 3.8) is 0 Å². The smallest absolute Gasteiger partial charge is 0.0541 e. The summed E-state index contributed by atoms with van der Waals surface area (Å²) < 4.78 is 2.39. The van der Waals surface area contributed by atoms with E-state index >= 15 is 0 Å². The molecule has 54 heavy (non-hydrogen) atoms. The minimum absolute atomic E-state index is 1.10. The molecule has 0 fully saturated rings. The minimum atomic E-state index is 1.10. The van der Waals surface area contributed by atoms with Crippen molar-refractivity contribution < 1.29 is 0 Å². The minimum Gasteiger partial charge on any atom is -0.310 e. The number of fused-ring (bicyclic) bond motifs is 4. The van der Waals surface area contributed by atoms with Crippen LogP contribution in [0.2, 0.25) is 0 Å². The van der Waals surface area contributed by atoms with Crippen molar-refractivity contribution in [1.29, 1.82) is 0 Å². The van der Waals surface area contributed by atoms with Crippen LogP contribution in [-0.4, -0.2) is 4.57 Å². The van der Waals surface area contributed by atoms with Crippen LogP contribution in [-0.2, 0) is 0 Å². The van der Waals surface area contributed by atoms with E-state index in [0.717, 1.165) is 28.3 Å². The Balaban J connectivity index is 1.07. The summed E-state index contributed by atoms with van der Waals surface area (Å²) in [6.45, 7) is 0. The maximum atomic E-state index is 2.39. The summed E-state index contributed by atoms with van der Waals surface area (Å²) in [5.74, 6) is 0. The van der Waals surface area contributed by atoms with Crippen LogP contribution in [0.1, 0.15) is 0 Å². The molecule has 1 heterocycles. The van der Waals surface area contributed by atoms with E-state index in [2.05, 4.69) is 228 Å². The molecule has 0 unspecified atom stereocenters. The number of nitrogens with zero attached hydrogens (tertiary/aromatic N) is 2. The average Bonchev–Trinajstić information content (AvgIpc) is 3.59. The molecule has 0 bridgehead atoms. The zero-order valence-electron chi connectivity index (χ0n) is 29.7. The van der Waals surface area contributed by atoms with E-state index in [0.29, 0.717) is 0 Å². The molecule has 0 atom stereocenters. The Bertz CT molecular complexity index is 2860. The van der Waals surface area contributed by atoms with Gasteiger partial charge in [-0.05, 0) is 105 Å². The van der Waals surface area contributed by atoms with Crippen LogP contribution in [0.4, 0.5) is 17.1 Å². The number of hydrogen-bond acceptors (Lipinski definition) is 1. The molecule has 0 radical (unpaired) electrons. The number of benzene rings is 9. The maximum Gasteiger partial charge on any atom is 0.0541 e. The van der Waals surface area contributed by atoms with Gasteiger partial charge in [0.05, 0.1) is 11.0 Å². The van der Waals surface area contributed by atoms with Gasteiger partial charge in [-0.25, -0.2) is 0 Å². The van der Waals surface area contributed by atoms with Crippen LogP contribution in [0.3, 0.4) is 0 Å². The van der Waals surface area contributed by atoms with Gasteiger partial charge in [-0.1, -0.05) is 158 Å². The van der Waals surface area contributed by atoms with Crippen LogP contribution in [0.25, 0.3) is 71.6 Å². The van der Waals surface area contributed by atoms with Crippen LogP contribution < -0.4 is 4.90 Å². The monoisotopic (exact) mass is 688 g/mol. The lowest BCUT2D eigenvalue weighted by Crippen LogP contribution is -2.10. The Hall–Kier alpha value is -7.16. The fourth-order valence-electron chi connectivity index (χ4n) is 8.00. The van der Waals surface area contributed by atoms with Crippen LogP contribution in [0.5, 0.6) is 0 Å². The first-order valence-electron chi connectivity index (χ1n) is 18.5.